The van der Waals surface area contributed by atoms with Gasteiger partial charge in [-0.05, 0) is 23.6 Å². The minimum atomic E-state index is -0.0567. The summed E-state index contributed by atoms with van der Waals surface area (Å²) in [5.74, 6) is 0.435. The lowest BCUT2D eigenvalue weighted by atomic mass is 10.1. The molecular formula is C18H20Cl2N2O4. The Labute approximate surface area is 161 Å². The second kappa shape index (κ2) is 8.39. The molecule has 0 radical (unpaired) electrons. The van der Waals surface area contributed by atoms with Crippen molar-refractivity contribution in [2.45, 2.75) is 19.5 Å². The van der Waals surface area contributed by atoms with Gasteiger partial charge in [-0.25, -0.2) is 0 Å². The number of amides is 1. The van der Waals surface area contributed by atoms with E-state index in [1.807, 2.05) is 6.07 Å². The molecule has 2 heterocycles. The second-order valence-electron chi connectivity index (χ2n) is 6.01. The highest BCUT2D eigenvalue weighted by Crippen LogP contribution is 2.40. The summed E-state index contributed by atoms with van der Waals surface area (Å²) in [5.41, 5.74) is 2.62. The molecular weight excluding hydrogens is 379 g/mol. The van der Waals surface area contributed by atoms with Crippen molar-refractivity contribution in [1.82, 2.24) is 9.88 Å². The quantitative estimate of drug-likeness (QED) is 0.668. The average Bonchev–Trinajstić information content (AvgIpc) is 3.09. The number of nitrogens with zero attached hydrogens (tertiary/aromatic N) is 2. The average molecular weight is 399 g/mol. The van der Waals surface area contributed by atoms with Crippen LogP contribution in [0.1, 0.15) is 17.5 Å². The fourth-order valence-corrected chi connectivity index (χ4v) is 3.46. The van der Waals surface area contributed by atoms with Crippen LogP contribution in [0.4, 0.5) is 0 Å². The number of carbonyl (C=O) groups excluding carboxylic acids is 1. The molecule has 1 aliphatic heterocycles. The van der Waals surface area contributed by atoms with E-state index in [0.717, 1.165) is 22.9 Å². The lowest BCUT2D eigenvalue weighted by Crippen LogP contribution is -2.29. The van der Waals surface area contributed by atoms with Crippen LogP contribution in [0.2, 0.25) is 10.0 Å². The van der Waals surface area contributed by atoms with Crippen molar-refractivity contribution >= 4 is 40.0 Å². The Morgan fingerprint density at radius 1 is 1.23 bits per heavy atom. The number of hydrogen-bond donors (Lipinski definition) is 0. The fourth-order valence-electron chi connectivity index (χ4n) is 3.00. The standard InChI is InChI=1S/C18H20Cl2N2O4/c1-24-4-3-5-26-10-15(23)22-8-11-7-21-18-12(13(11)9-22)6-14(25-2)16(19)17(18)20/h6-7H,3-5,8-10H2,1-2H3. The van der Waals surface area contributed by atoms with E-state index in [1.54, 1.807) is 18.2 Å². The smallest absolute Gasteiger partial charge is 0.249 e. The molecule has 0 N–H and O–H groups in total. The first kappa shape index (κ1) is 19.2. The molecule has 1 amide bonds. The lowest BCUT2D eigenvalue weighted by molar-refractivity contribution is -0.136. The number of benzene rings is 1. The molecule has 0 fully saturated rings. The number of fused-ring (bicyclic) bond motifs is 3. The zero-order valence-corrected chi connectivity index (χ0v) is 16.2. The molecule has 8 heteroatoms. The Hall–Kier alpha value is -1.60. The highest BCUT2D eigenvalue weighted by Gasteiger charge is 2.27. The zero-order valence-electron chi connectivity index (χ0n) is 14.7. The maximum Gasteiger partial charge on any atom is 0.249 e. The Morgan fingerprint density at radius 2 is 2.04 bits per heavy atom. The Bertz CT molecular complexity index is 829. The highest BCUT2D eigenvalue weighted by atomic mass is 35.5. The zero-order chi connectivity index (χ0) is 18.7. The first-order valence-electron chi connectivity index (χ1n) is 8.23. The van der Waals surface area contributed by atoms with Crippen LogP contribution in [0, 0.1) is 0 Å². The Kier molecular flexibility index (Phi) is 6.19. The SMILES string of the molecule is COCCCOCC(=O)N1Cc2cnc3c(Cl)c(Cl)c(OC)cc3c2C1. The van der Waals surface area contributed by atoms with Gasteiger partial charge in [-0.15, -0.1) is 0 Å². The van der Waals surface area contributed by atoms with E-state index in [1.165, 1.54) is 7.11 Å². The van der Waals surface area contributed by atoms with Gasteiger partial charge in [0.2, 0.25) is 5.91 Å². The van der Waals surface area contributed by atoms with Gasteiger partial charge in [0.15, 0.2) is 0 Å². The summed E-state index contributed by atoms with van der Waals surface area (Å²) in [5, 5.41) is 1.55. The van der Waals surface area contributed by atoms with Gasteiger partial charge in [-0.1, -0.05) is 23.2 Å². The third-order valence-electron chi connectivity index (χ3n) is 4.36. The van der Waals surface area contributed by atoms with Gasteiger partial charge >= 0.3 is 0 Å². The van der Waals surface area contributed by atoms with Crippen LogP contribution in [0.5, 0.6) is 5.75 Å². The molecule has 2 aromatic rings. The van der Waals surface area contributed by atoms with Crippen LogP contribution >= 0.6 is 23.2 Å². The molecule has 0 aliphatic carbocycles. The maximum atomic E-state index is 12.4. The van der Waals surface area contributed by atoms with Gasteiger partial charge in [-0.2, -0.15) is 0 Å². The molecule has 0 unspecified atom stereocenters. The van der Waals surface area contributed by atoms with Crippen molar-refractivity contribution in [3.05, 3.63) is 33.4 Å². The summed E-state index contributed by atoms with van der Waals surface area (Å²) < 4.78 is 15.7. The van der Waals surface area contributed by atoms with E-state index >= 15 is 0 Å². The van der Waals surface area contributed by atoms with Crippen molar-refractivity contribution in [3.63, 3.8) is 0 Å². The molecule has 6 nitrogen and oxygen atoms in total. The predicted octanol–water partition coefficient (Wildman–Crippen LogP) is 3.45. The minimum Gasteiger partial charge on any atom is -0.495 e. The molecule has 0 saturated heterocycles. The molecule has 0 spiro atoms. The molecule has 0 saturated carbocycles. The van der Waals surface area contributed by atoms with E-state index < -0.39 is 0 Å². The van der Waals surface area contributed by atoms with Gasteiger partial charge in [0, 0.05) is 45.0 Å². The third-order valence-corrected chi connectivity index (χ3v) is 5.20. The molecule has 0 atom stereocenters. The van der Waals surface area contributed by atoms with Crippen LogP contribution < -0.4 is 4.74 Å². The first-order valence-corrected chi connectivity index (χ1v) is 8.99. The monoisotopic (exact) mass is 398 g/mol. The molecule has 140 valence electrons. The molecule has 0 bridgehead atoms. The van der Waals surface area contributed by atoms with E-state index in [2.05, 4.69) is 4.98 Å². The molecule has 26 heavy (non-hydrogen) atoms. The van der Waals surface area contributed by atoms with Gasteiger partial charge in [0.25, 0.3) is 0 Å². The minimum absolute atomic E-state index is 0.0545. The first-order chi connectivity index (χ1) is 12.6. The number of methoxy groups -OCH3 is 2. The Balaban J connectivity index is 1.77. The van der Waals surface area contributed by atoms with Gasteiger partial charge in [0.1, 0.15) is 17.4 Å². The molecule has 1 aromatic carbocycles. The van der Waals surface area contributed by atoms with E-state index in [-0.39, 0.29) is 12.5 Å². The summed E-state index contributed by atoms with van der Waals surface area (Å²) in [4.78, 5) is 18.6. The third kappa shape index (κ3) is 3.74. The van der Waals surface area contributed by atoms with Crippen molar-refractivity contribution in [2.75, 3.05) is 34.0 Å². The maximum absolute atomic E-state index is 12.4. The summed E-state index contributed by atoms with van der Waals surface area (Å²) in [6, 6.07) is 1.82. The highest BCUT2D eigenvalue weighted by molar-refractivity contribution is 6.46. The number of halogens is 2. The molecule has 3 rings (SSSR count). The van der Waals surface area contributed by atoms with Gasteiger partial charge < -0.3 is 19.1 Å². The number of pyridine rings is 1. The van der Waals surface area contributed by atoms with Crippen molar-refractivity contribution < 1.29 is 19.0 Å². The van der Waals surface area contributed by atoms with Crippen LogP contribution in [0.3, 0.4) is 0 Å². The van der Waals surface area contributed by atoms with Crippen LogP contribution in [-0.4, -0.2) is 49.8 Å². The number of rotatable bonds is 7. The largest absolute Gasteiger partial charge is 0.495 e. The normalized spacial score (nSPS) is 13.3. The van der Waals surface area contributed by atoms with Crippen LogP contribution in [-0.2, 0) is 27.4 Å². The van der Waals surface area contributed by atoms with Crippen molar-refractivity contribution in [2.24, 2.45) is 0 Å². The van der Waals surface area contributed by atoms with Crippen LogP contribution in [0.15, 0.2) is 12.3 Å². The molecule has 1 aliphatic rings. The Morgan fingerprint density at radius 3 is 2.77 bits per heavy atom. The predicted molar refractivity (Wildman–Crippen MR) is 99.9 cm³/mol. The van der Waals surface area contributed by atoms with Crippen LogP contribution in [0.25, 0.3) is 10.9 Å². The van der Waals surface area contributed by atoms with Crippen molar-refractivity contribution in [1.29, 1.82) is 0 Å². The summed E-state index contributed by atoms with van der Waals surface area (Å²) in [7, 11) is 3.18. The number of ether oxygens (including phenoxy) is 3. The summed E-state index contributed by atoms with van der Waals surface area (Å²) in [6.07, 6.45) is 2.51. The molecule has 1 aromatic heterocycles. The number of hydrogen-bond acceptors (Lipinski definition) is 5. The number of carbonyl (C=O) groups is 1. The fraction of sp³-hybridized carbons (Fsp3) is 0.444. The van der Waals surface area contributed by atoms with E-state index in [4.69, 9.17) is 37.4 Å². The summed E-state index contributed by atoms with van der Waals surface area (Å²) >= 11 is 12.5. The number of aromatic nitrogens is 1. The second-order valence-corrected chi connectivity index (χ2v) is 6.77. The van der Waals surface area contributed by atoms with Gasteiger partial charge in [0.05, 0.1) is 17.6 Å². The van der Waals surface area contributed by atoms with E-state index in [0.29, 0.717) is 47.6 Å². The van der Waals surface area contributed by atoms with E-state index in [9.17, 15) is 4.79 Å². The lowest BCUT2D eigenvalue weighted by Gasteiger charge is -2.15. The topological polar surface area (TPSA) is 60.9 Å². The summed E-state index contributed by atoms with van der Waals surface area (Å²) in [6.45, 7) is 2.15. The van der Waals surface area contributed by atoms with Gasteiger partial charge in [-0.3, -0.25) is 9.78 Å². The van der Waals surface area contributed by atoms with Crippen molar-refractivity contribution in [3.8, 4) is 5.75 Å².